The lowest BCUT2D eigenvalue weighted by molar-refractivity contribution is -0.116. The second-order valence-electron chi connectivity index (χ2n) is 5.77. The Morgan fingerprint density at radius 3 is 2.71 bits per heavy atom. The van der Waals surface area contributed by atoms with E-state index in [4.69, 9.17) is 0 Å². The van der Waals surface area contributed by atoms with Gasteiger partial charge in [0.15, 0.2) is 5.78 Å². The highest BCUT2D eigenvalue weighted by Gasteiger charge is 2.55. The molecule has 0 saturated heterocycles. The maximum absolute atomic E-state index is 11.4. The van der Waals surface area contributed by atoms with Crippen molar-refractivity contribution in [2.75, 3.05) is 0 Å². The van der Waals surface area contributed by atoms with Crippen LogP contribution in [0.3, 0.4) is 0 Å². The predicted molar refractivity (Wildman–Crippen MR) is 72.1 cm³/mol. The van der Waals surface area contributed by atoms with E-state index < -0.39 is 6.10 Å². The molecule has 2 rings (SSSR count). The highest BCUT2D eigenvalue weighted by Crippen LogP contribution is 2.59. The summed E-state index contributed by atoms with van der Waals surface area (Å²) < 4.78 is 0. The van der Waals surface area contributed by atoms with Crippen LogP contribution in [0.15, 0.2) is 24.3 Å². The fourth-order valence-electron chi connectivity index (χ4n) is 3.27. The van der Waals surface area contributed by atoms with Crippen molar-refractivity contribution in [3.8, 4) is 0 Å². The van der Waals surface area contributed by atoms with E-state index in [0.29, 0.717) is 12.8 Å². The molecule has 0 bridgehead atoms. The highest BCUT2D eigenvalue weighted by molar-refractivity contribution is 9.09. The summed E-state index contributed by atoms with van der Waals surface area (Å²) in [7, 11) is 0. The minimum Gasteiger partial charge on any atom is -0.392 e. The van der Waals surface area contributed by atoms with Crippen LogP contribution in [0.4, 0.5) is 0 Å². The Labute approximate surface area is 111 Å². The van der Waals surface area contributed by atoms with Gasteiger partial charge in [-0.15, -0.1) is 0 Å². The molecule has 2 nitrogen and oxygen atoms in total. The van der Waals surface area contributed by atoms with Gasteiger partial charge in [0.05, 0.1) is 6.10 Å². The quantitative estimate of drug-likeness (QED) is 0.551. The largest absolute Gasteiger partial charge is 0.392 e. The van der Waals surface area contributed by atoms with Gasteiger partial charge in [-0.05, 0) is 24.3 Å². The van der Waals surface area contributed by atoms with E-state index in [1.807, 2.05) is 6.08 Å². The fourth-order valence-corrected chi connectivity index (χ4v) is 3.87. The molecular weight excluding hydrogens is 280 g/mol. The van der Waals surface area contributed by atoms with Crippen molar-refractivity contribution in [3.63, 3.8) is 0 Å². The normalized spacial score (nSPS) is 40.9. The molecule has 1 spiro atoms. The zero-order valence-electron chi connectivity index (χ0n) is 10.4. The van der Waals surface area contributed by atoms with E-state index in [9.17, 15) is 9.90 Å². The minimum absolute atomic E-state index is 0.0263. The van der Waals surface area contributed by atoms with Crippen molar-refractivity contribution < 1.29 is 9.90 Å². The topological polar surface area (TPSA) is 37.3 Å². The van der Waals surface area contributed by atoms with Crippen LogP contribution in [0, 0.1) is 10.8 Å². The van der Waals surface area contributed by atoms with Crippen molar-refractivity contribution in [3.05, 3.63) is 24.3 Å². The van der Waals surface area contributed by atoms with Crippen LogP contribution < -0.4 is 0 Å². The zero-order valence-corrected chi connectivity index (χ0v) is 12.0. The monoisotopic (exact) mass is 298 g/mol. The third kappa shape index (κ3) is 1.75. The Balaban J connectivity index is 2.47. The molecule has 1 N–H and O–H groups in total. The molecule has 0 heterocycles. The second kappa shape index (κ2) is 4.06. The summed E-state index contributed by atoms with van der Waals surface area (Å²) in [6, 6.07) is 0. The molecule has 0 aliphatic heterocycles. The van der Waals surface area contributed by atoms with Gasteiger partial charge in [0.25, 0.3) is 0 Å². The molecule has 1 saturated carbocycles. The van der Waals surface area contributed by atoms with Gasteiger partial charge in [-0.3, -0.25) is 4.79 Å². The van der Waals surface area contributed by atoms with E-state index in [-0.39, 0.29) is 21.4 Å². The predicted octanol–water partition coefficient (Wildman–Crippen LogP) is 3.00. The number of halogens is 1. The first-order valence-electron chi connectivity index (χ1n) is 6.04. The van der Waals surface area contributed by atoms with Crippen LogP contribution in [0.2, 0.25) is 0 Å². The number of aliphatic hydroxyl groups is 1. The smallest absolute Gasteiger partial charge is 0.155 e. The molecule has 3 heteroatoms. The summed E-state index contributed by atoms with van der Waals surface area (Å²) in [4.78, 5) is 11.4. The molecule has 94 valence electrons. The summed E-state index contributed by atoms with van der Waals surface area (Å²) >= 11 is 3.62. The molecule has 2 aliphatic rings. The molecule has 0 radical (unpaired) electrons. The molecule has 0 aromatic carbocycles. The summed E-state index contributed by atoms with van der Waals surface area (Å²) in [6.07, 6.45) is 5.30. The fraction of sp³-hybridized carbons (Fsp3) is 0.643. The summed E-state index contributed by atoms with van der Waals surface area (Å²) in [5.41, 5.74) is 0.752. The van der Waals surface area contributed by atoms with E-state index >= 15 is 0 Å². The van der Waals surface area contributed by atoms with E-state index in [1.165, 1.54) is 0 Å². The van der Waals surface area contributed by atoms with E-state index in [0.717, 1.165) is 12.0 Å². The Kier molecular flexibility index (Phi) is 3.11. The van der Waals surface area contributed by atoms with Gasteiger partial charge in [-0.1, -0.05) is 48.0 Å². The Morgan fingerprint density at radius 1 is 1.53 bits per heavy atom. The number of allylic oxidation sites excluding steroid dienone is 2. The van der Waals surface area contributed by atoms with Gasteiger partial charge in [0, 0.05) is 16.7 Å². The molecule has 0 aromatic heterocycles. The van der Waals surface area contributed by atoms with Crippen LogP contribution in [0.25, 0.3) is 0 Å². The van der Waals surface area contributed by atoms with Gasteiger partial charge in [0.2, 0.25) is 0 Å². The lowest BCUT2D eigenvalue weighted by Gasteiger charge is -2.55. The Hall–Kier alpha value is -0.410. The van der Waals surface area contributed by atoms with Crippen LogP contribution >= 0.6 is 15.9 Å². The van der Waals surface area contributed by atoms with E-state index in [1.54, 1.807) is 6.08 Å². The minimum atomic E-state index is -0.394. The first-order valence-corrected chi connectivity index (χ1v) is 6.95. The number of hydrogen-bond acceptors (Lipinski definition) is 2. The van der Waals surface area contributed by atoms with Crippen LogP contribution in [0.5, 0.6) is 0 Å². The SMILES string of the molecule is C=C1CC(O)C(Br)C(C)(C)C12C=CC(=O)CC2. The lowest BCUT2D eigenvalue weighted by atomic mass is 9.52. The summed E-state index contributed by atoms with van der Waals surface area (Å²) in [6.45, 7) is 8.43. The number of rotatable bonds is 0. The van der Waals surface area contributed by atoms with Crippen LogP contribution in [0.1, 0.15) is 33.1 Å². The third-order valence-electron chi connectivity index (χ3n) is 4.58. The maximum Gasteiger partial charge on any atom is 0.155 e. The number of ketones is 1. The van der Waals surface area contributed by atoms with Gasteiger partial charge < -0.3 is 5.11 Å². The van der Waals surface area contributed by atoms with Crippen LogP contribution in [-0.2, 0) is 4.79 Å². The number of carbonyl (C=O) groups is 1. The number of aliphatic hydroxyl groups excluding tert-OH is 1. The van der Waals surface area contributed by atoms with Gasteiger partial charge in [-0.25, -0.2) is 0 Å². The average Bonchev–Trinajstić information content (AvgIpc) is 2.27. The van der Waals surface area contributed by atoms with E-state index in [2.05, 4.69) is 36.4 Å². The summed E-state index contributed by atoms with van der Waals surface area (Å²) in [5, 5.41) is 10.1. The number of carbonyl (C=O) groups excluding carboxylic acids is 1. The first-order chi connectivity index (χ1) is 7.81. The molecule has 0 aromatic rings. The molecule has 2 aliphatic carbocycles. The highest BCUT2D eigenvalue weighted by atomic mass is 79.9. The number of alkyl halides is 1. The number of hydrogen-bond donors (Lipinski definition) is 1. The molecule has 17 heavy (non-hydrogen) atoms. The van der Waals surface area contributed by atoms with Gasteiger partial charge in [-0.2, -0.15) is 0 Å². The molecule has 1 fully saturated rings. The van der Waals surface area contributed by atoms with Crippen molar-refractivity contribution in [1.29, 1.82) is 0 Å². The maximum atomic E-state index is 11.4. The molecule has 3 atom stereocenters. The van der Waals surface area contributed by atoms with Crippen molar-refractivity contribution in [1.82, 2.24) is 0 Å². The first kappa shape index (κ1) is 13.0. The Morgan fingerprint density at radius 2 is 2.18 bits per heavy atom. The zero-order chi connectivity index (χ0) is 12.8. The van der Waals surface area contributed by atoms with Crippen molar-refractivity contribution in [2.45, 2.75) is 44.0 Å². The second-order valence-corrected chi connectivity index (χ2v) is 6.76. The van der Waals surface area contributed by atoms with Crippen molar-refractivity contribution in [2.24, 2.45) is 10.8 Å². The lowest BCUT2D eigenvalue weighted by Crippen LogP contribution is -2.53. The standard InChI is InChI=1S/C14H19BrO2/c1-9-8-11(17)12(15)13(2,3)14(9)6-4-10(16)5-7-14/h4,6,11-12,17H,1,5,7-8H2,2-3H3. The Bertz CT molecular complexity index is 397. The average molecular weight is 299 g/mol. The molecule has 3 unspecified atom stereocenters. The molecule has 0 amide bonds. The van der Waals surface area contributed by atoms with Gasteiger partial charge in [0.1, 0.15) is 0 Å². The van der Waals surface area contributed by atoms with Crippen LogP contribution in [-0.4, -0.2) is 21.8 Å². The van der Waals surface area contributed by atoms with Gasteiger partial charge >= 0.3 is 0 Å². The third-order valence-corrected chi connectivity index (χ3v) is 6.34. The summed E-state index contributed by atoms with van der Waals surface area (Å²) in [5.74, 6) is 0.191. The molecular formula is C14H19BrO2. The van der Waals surface area contributed by atoms with Crippen molar-refractivity contribution >= 4 is 21.7 Å².